The molecule has 0 aliphatic carbocycles. The lowest BCUT2D eigenvalue weighted by molar-refractivity contribution is -0.137. The van der Waals surface area contributed by atoms with E-state index in [0.717, 1.165) is 31.1 Å². The van der Waals surface area contributed by atoms with Crippen LogP contribution in [0.2, 0.25) is 0 Å². The number of benzene rings is 2. The summed E-state index contributed by atoms with van der Waals surface area (Å²) in [6, 6.07) is 12.3. The predicted octanol–water partition coefficient (Wildman–Crippen LogP) is 5.14. The highest BCUT2D eigenvalue weighted by Crippen LogP contribution is 2.35. The maximum atomic E-state index is 13.2. The van der Waals surface area contributed by atoms with E-state index in [4.69, 9.17) is 0 Å². The number of aromatic nitrogens is 2. The normalized spacial score (nSPS) is 18.6. The molecule has 2 heterocycles. The van der Waals surface area contributed by atoms with Crippen LogP contribution in [0.1, 0.15) is 36.0 Å². The third kappa shape index (κ3) is 6.27. The van der Waals surface area contributed by atoms with E-state index in [-0.39, 0.29) is 16.3 Å². The van der Waals surface area contributed by atoms with Gasteiger partial charge in [0.25, 0.3) is 10.0 Å². The van der Waals surface area contributed by atoms with E-state index in [1.807, 2.05) is 20.2 Å². The molecule has 0 radical (unpaired) electrons. The van der Waals surface area contributed by atoms with Crippen molar-refractivity contribution in [3.63, 3.8) is 0 Å². The molecule has 1 saturated heterocycles. The smallest absolute Gasteiger partial charge is 0.370 e. The second kappa shape index (κ2) is 10.9. The quantitative estimate of drug-likeness (QED) is 0.421. The number of aryl methyl sites for hydroxylation is 2. The average molecular weight is 548 g/mol. The summed E-state index contributed by atoms with van der Waals surface area (Å²) < 4.78 is 67.9. The first-order valence-electron chi connectivity index (χ1n) is 12.4. The zero-order chi connectivity index (χ0) is 27.6. The highest BCUT2D eigenvalue weighted by Gasteiger charge is 2.38. The molecule has 38 heavy (non-hydrogen) atoms. The first-order valence-corrected chi connectivity index (χ1v) is 13.9. The molecule has 0 unspecified atom stereocenters. The summed E-state index contributed by atoms with van der Waals surface area (Å²) in [5, 5.41) is 0. The van der Waals surface area contributed by atoms with Crippen LogP contribution in [0.25, 0.3) is 0 Å². The molecule has 1 aliphatic heterocycles. The topological polar surface area (TPSA) is 78.4 Å². The molecule has 4 rings (SSSR count). The number of nitrogens with zero attached hydrogens (tertiary/aromatic N) is 4. The number of rotatable bonds is 8. The second-order valence-corrected chi connectivity index (χ2v) is 11.6. The molecule has 0 bridgehead atoms. The van der Waals surface area contributed by atoms with Crippen molar-refractivity contribution in [1.29, 1.82) is 0 Å². The summed E-state index contributed by atoms with van der Waals surface area (Å²) in [7, 11) is 0.190. The van der Waals surface area contributed by atoms with Crippen molar-refractivity contribution in [1.82, 2.24) is 14.9 Å². The number of nitrogens with one attached hydrogen (secondary N) is 1. The van der Waals surface area contributed by atoms with Crippen LogP contribution in [0.4, 0.5) is 24.7 Å². The highest BCUT2D eigenvalue weighted by atomic mass is 32.2. The van der Waals surface area contributed by atoms with Crippen LogP contribution in [0.15, 0.2) is 66.0 Å². The summed E-state index contributed by atoms with van der Waals surface area (Å²) in [5.41, 5.74) is 1.32. The molecular weight excluding hydrogens is 515 g/mol. The van der Waals surface area contributed by atoms with E-state index in [0.29, 0.717) is 30.5 Å². The van der Waals surface area contributed by atoms with Crippen LogP contribution in [0.3, 0.4) is 0 Å². The molecule has 0 spiro atoms. The molecular formula is C27H32F3N5O2S. The lowest BCUT2D eigenvalue weighted by Crippen LogP contribution is -2.56. The van der Waals surface area contributed by atoms with Gasteiger partial charge in [0, 0.05) is 30.5 Å². The first kappa shape index (κ1) is 27.8. The summed E-state index contributed by atoms with van der Waals surface area (Å²) in [6.07, 6.45) is 1.43. The van der Waals surface area contributed by atoms with Crippen LogP contribution in [0.5, 0.6) is 0 Å². The molecule has 1 aromatic heterocycles. The first-order chi connectivity index (χ1) is 17.9. The Labute approximate surface area is 221 Å². The molecule has 0 amide bonds. The Morgan fingerprint density at radius 3 is 2.58 bits per heavy atom. The second-order valence-electron chi connectivity index (χ2n) is 9.99. The van der Waals surface area contributed by atoms with Gasteiger partial charge in [0.05, 0.1) is 10.5 Å². The van der Waals surface area contributed by atoms with E-state index in [9.17, 15) is 21.6 Å². The Hall–Kier alpha value is -3.18. The van der Waals surface area contributed by atoms with Gasteiger partial charge in [-0.1, -0.05) is 18.2 Å². The van der Waals surface area contributed by atoms with Crippen molar-refractivity contribution < 1.29 is 21.6 Å². The minimum Gasteiger partial charge on any atom is -0.370 e. The zero-order valence-corrected chi connectivity index (χ0v) is 22.5. The number of likely N-dealkylation sites (N-methyl/N-ethyl adjacent to an activating group) is 1. The molecule has 7 nitrogen and oxygen atoms in total. The fourth-order valence-electron chi connectivity index (χ4n) is 5.08. The van der Waals surface area contributed by atoms with Crippen molar-refractivity contribution in [2.45, 2.75) is 49.2 Å². The van der Waals surface area contributed by atoms with Gasteiger partial charge in [-0.3, -0.25) is 4.72 Å². The molecule has 0 saturated carbocycles. The van der Waals surface area contributed by atoms with E-state index in [2.05, 4.69) is 24.5 Å². The molecule has 1 fully saturated rings. The standard InChI is InChI=1S/C27H32F3N5O2S/c1-20-16-23(8-9-24(20)38(36,37)33-25-11-14-31-19-32-25)35-15-5-12-26(18-35,34(2)3)13-10-21-6-4-7-22(17-21)27(28,29)30/h4,6-9,11,14,16-17,19H,5,10,12-13,15,18H2,1-3H3,(H,31,32,33)/t26-/m0/s1. The minimum absolute atomic E-state index is 0.167. The Morgan fingerprint density at radius 1 is 1.13 bits per heavy atom. The molecule has 1 atom stereocenters. The largest absolute Gasteiger partial charge is 0.416 e. The van der Waals surface area contributed by atoms with Crippen LogP contribution in [-0.2, 0) is 22.6 Å². The van der Waals surface area contributed by atoms with Crippen LogP contribution in [0, 0.1) is 6.92 Å². The van der Waals surface area contributed by atoms with Crippen molar-refractivity contribution in [2.75, 3.05) is 36.8 Å². The van der Waals surface area contributed by atoms with Gasteiger partial charge < -0.3 is 9.80 Å². The Morgan fingerprint density at radius 2 is 1.92 bits per heavy atom. The van der Waals surface area contributed by atoms with Gasteiger partial charge >= 0.3 is 6.18 Å². The molecule has 1 aliphatic rings. The molecule has 11 heteroatoms. The summed E-state index contributed by atoms with van der Waals surface area (Å²) >= 11 is 0. The fraction of sp³-hybridized carbons (Fsp3) is 0.407. The summed E-state index contributed by atoms with van der Waals surface area (Å²) in [6.45, 7) is 3.25. The van der Waals surface area contributed by atoms with E-state index >= 15 is 0 Å². The van der Waals surface area contributed by atoms with Crippen molar-refractivity contribution >= 4 is 21.5 Å². The number of hydrogen-bond donors (Lipinski definition) is 1. The van der Waals surface area contributed by atoms with Gasteiger partial charge in [0.1, 0.15) is 12.1 Å². The number of halogens is 3. The Balaban J connectivity index is 1.52. The van der Waals surface area contributed by atoms with E-state index in [1.165, 1.54) is 30.7 Å². The third-order valence-corrected chi connectivity index (χ3v) is 8.79. The van der Waals surface area contributed by atoms with E-state index < -0.39 is 21.8 Å². The van der Waals surface area contributed by atoms with Crippen molar-refractivity contribution in [3.8, 4) is 0 Å². The molecule has 204 valence electrons. The highest BCUT2D eigenvalue weighted by molar-refractivity contribution is 7.92. The van der Waals surface area contributed by atoms with Crippen molar-refractivity contribution in [2.24, 2.45) is 0 Å². The van der Waals surface area contributed by atoms with Crippen LogP contribution < -0.4 is 9.62 Å². The number of hydrogen-bond acceptors (Lipinski definition) is 6. The lowest BCUT2D eigenvalue weighted by Gasteiger charge is -2.48. The van der Waals surface area contributed by atoms with Gasteiger partial charge in [-0.25, -0.2) is 18.4 Å². The number of sulfonamides is 1. The van der Waals surface area contributed by atoms with Gasteiger partial charge in [-0.2, -0.15) is 13.2 Å². The number of anilines is 2. The third-order valence-electron chi connectivity index (χ3n) is 7.27. The maximum absolute atomic E-state index is 13.2. The summed E-state index contributed by atoms with van der Waals surface area (Å²) in [5.74, 6) is 0.191. The van der Waals surface area contributed by atoms with Crippen molar-refractivity contribution in [3.05, 3.63) is 77.7 Å². The van der Waals surface area contributed by atoms with Crippen LogP contribution in [-0.4, -0.2) is 56.0 Å². The molecule has 2 aromatic carbocycles. The van der Waals surface area contributed by atoms with Gasteiger partial charge in [0.15, 0.2) is 0 Å². The number of alkyl halides is 3. The fourth-order valence-corrected chi connectivity index (χ4v) is 6.32. The van der Waals surface area contributed by atoms with E-state index in [1.54, 1.807) is 25.1 Å². The zero-order valence-electron chi connectivity index (χ0n) is 21.7. The number of piperidine rings is 1. The maximum Gasteiger partial charge on any atom is 0.416 e. The minimum atomic E-state index is -4.36. The van der Waals surface area contributed by atoms with Gasteiger partial charge in [-0.05, 0) is 88.2 Å². The van der Waals surface area contributed by atoms with Crippen LogP contribution >= 0.6 is 0 Å². The predicted molar refractivity (Wildman–Crippen MR) is 142 cm³/mol. The molecule has 3 aromatic rings. The molecule has 1 N–H and O–H groups in total. The Bertz CT molecular complexity index is 1370. The lowest BCUT2D eigenvalue weighted by atomic mass is 9.82. The van der Waals surface area contributed by atoms with Gasteiger partial charge in [0.2, 0.25) is 0 Å². The Kier molecular flexibility index (Phi) is 7.98. The van der Waals surface area contributed by atoms with Gasteiger partial charge in [-0.15, -0.1) is 0 Å². The SMILES string of the molecule is Cc1cc(N2CCC[C@@](CCc3cccc(C(F)(F)F)c3)(N(C)C)C2)ccc1S(=O)(=O)Nc1ccncn1. The summed E-state index contributed by atoms with van der Waals surface area (Å²) in [4.78, 5) is 12.3. The monoisotopic (exact) mass is 547 g/mol. The average Bonchev–Trinajstić information content (AvgIpc) is 2.87.